The molecule has 0 spiro atoms. The highest BCUT2D eigenvalue weighted by atomic mass is 28.5. The van der Waals surface area contributed by atoms with Crippen molar-refractivity contribution in [1.82, 2.24) is 0 Å². The number of hydrogen-bond acceptors (Lipinski definition) is 5. The van der Waals surface area contributed by atoms with Crippen LogP contribution in [-0.4, -0.2) is 36.8 Å². The summed E-state index contributed by atoms with van der Waals surface area (Å²) in [6, 6.07) is 0.284. The van der Waals surface area contributed by atoms with Crippen molar-refractivity contribution in [2.45, 2.75) is 91.1 Å². The van der Waals surface area contributed by atoms with E-state index >= 15 is 0 Å². The summed E-state index contributed by atoms with van der Waals surface area (Å²) in [5.41, 5.74) is 0. The topological polar surface area (TPSA) is 90.2 Å². The van der Waals surface area contributed by atoms with Crippen LogP contribution in [0.5, 0.6) is 0 Å². The molecule has 140 valence electrons. The number of unbranched alkanes of at least 4 members (excludes halogenated alkanes) is 1. The Kier molecular flexibility index (Phi) is 11.8. The lowest BCUT2D eigenvalue weighted by molar-refractivity contribution is 0.150. The standard InChI is InChI=1S/C16H38O5Si2/c1-5-8-10-15(4)11-13-22(17,18)21-23(19,20)14-12-16(7-3)9-6-2/h15-20H,5-14H2,1-4H3. The summed E-state index contributed by atoms with van der Waals surface area (Å²) >= 11 is 0. The third kappa shape index (κ3) is 12.3. The summed E-state index contributed by atoms with van der Waals surface area (Å²) in [4.78, 5) is 40.2. The highest BCUT2D eigenvalue weighted by molar-refractivity contribution is 6.72. The van der Waals surface area contributed by atoms with Gasteiger partial charge in [0.05, 0.1) is 0 Å². The van der Waals surface area contributed by atoms with Crippen LogP contribution in [0.25, 0.3) is 0 Å². The minimum atomic E-state index is -3.98. The zero-order chi connectivity index (χ0) is 17.9. The van der Waals surface area contributed by atoms with Gasteiger partial charge in [0.15, 0.2) is 0 Å². The van der Waals surface area contributed by atoms with Crippen LogP contribution in [-0.2, 0) is 4.12 Å². The second-order valence-corrected chi connectivity index (χ2v) is 11.8. The van der Waals surface area contributed by atoms with Crippen molar-refractivity contribution < 1.29 is 23.3 Å². The Hall–Kier alpha value is 0.234. The van der Waals surface area contributed by atoms with Gasteiger partial charge in [-0.1, -0.05) is 66.2 Å². The highest BCUT2D eigenvalue weighted by Gasteiger charge is 2.45. The van der Waals surface area contributed by atoms with Crippen LogP contribution >= 0.6 is 0 Å². The van der Waals surface area contributed by atoms with E-state index in [-0.39, 0.29) is 12.1 Å². The Labute approximate surface area is 144 Å². The molecule has 0 aliphatic heterocycles. The molecule has 0 saturated heterocycles. The largest absolute Gasteiger partial charge is 0.488 e. The highest BCUT2D eigenvalue weighted by Crippen LogP contribution is 2.24. The first kappa shape index (κ1) is 23.2. The van der Waals surface area contributed by atoms with Crippen LogP contribution in [0.1, 0.15) is 79.1 Å². The fraction of sp³-hybridized carbons (Fsp3) is 1.00. The fourth-order valence-corrected chi connectivity index (χ4v) is 7.41. The second kappa shape index (κ2) is 11.7. The maximum absolute atomic E-state index is 10.1. The van der Waals surface area contributed by atoms with Crippen molar-refractivity contribution in [1.29, 1.82) is 0 Å². The van der Waals surface area contributed by atoms with Gasteiger partial charge >= 0.3 is 17.6 Å². The van der Waals surface area contributed by atoms with E-state index in [0.29, 0.717) is 24.7 Å². The van der Waals surface area contributed by atoms with Gasteiger partial charge in [0, 0.05) is 12.1 Å². The fourth-order valence-electron chi connectivity index (χ4n) is 2.85. The Morgan fingerprint density at radius 3 is 1.83 bits per heavy atom. The van der Waals surface area contributed by atoms with Crippen molar-refractivity contribution in [3.8, 4) is 0 Å². The molecule has 0 amide bonds. The van der Waals surface area contributed by atoms with Gasteiger partial charge in [0.1, 0.15) is 0 Å². The first-order chi connectivity index (χ1) is 10.7. The van der Waals surface area contributed by atoms with E-state index in [1.54, 1.807) is 0 Å². The van der Waals surface area contributed by atoms with E-state index < -0.39 is 17.6 Å². The molecule has 0 heterocycles. The van der Waals surface area contributed by atoms with Gasteiger partial charge in [-0.2, -0.15) is 0 Å². The van der Waals surface area contributed by atoms with Gasteiger partial charge in [0.25, 0.3) is 0 Å². The number of hydrogen-bond donors (Lipinski definition) is 4. The Morgan fingerprint density at radius 1 is 0.783 bits per heavy atom. The van der Waals surface area contributed by atoms with Crippen LogP contribution in [0.2, 0.25) is 12.1 Å². The van der Waals surface area contributed by atoms with Gasteiger partial charge in [-0.3, -0.25) is 0 Å². The average molecular weight is 367 g/mol. The molecule has 0 aromatic heterocycles. The molecule has 0 aromatic rings. The average Bonchev–Trinajstić information content (AvgIpc) is 2.46. The molecular formula is C16H38O5Si2. The predicted octanol–water partition coefficient (Wildman–Crippen LogP) is 3.28. The summed E-state index contributed by atoms with van der Waals surface area (Å²) in [7, 11) is -7.96. The van der Waals surface area contributed by atoms with Crippen molar-refractivity contribution in [2.24, 2.45) is 11.8 Å². The van der Waals surface area contributed by atoms with Gasteiger partial charge in [0.2, 0.25) is 0 Å². The zero-order valence-electron chi connectivity index (χ0n) is 15.4. The molecule has 2 atom stereocenters. The van der Waals surface area contributed by atoms with Crippen LogP contribution in [0.4, 0.5) is 0 Å². The molecule has 23 heavy (non-hydrogen) atoms. The molecule has 0 aliphatic carbocycles. The van der Waals surface area contributed by atoms with Crippen molar-refractivity contribution in [3.63, 3.8) is 0 Å². The maximum atomic E-state index is 10.1. The summed E-state index contributed by atoms with van der Waals surface area (Å²) < 4.78 is 5.05. The Bertz CT molecular complexity index is 300. The van der Waals surface area contributed by atoms with Gasteiger partial charge in [-0.15, -0.1) is 0 Å². The maximum Gasteiger partial charge on any atom is 0.488 e. The SMILES string of the molecule is CCCCC(C)CC[Si](O)(O)O[Si](O)(O)CCC(CC)CCC. The van der Waals surface area contributed by atoms with Crippen molar-refractivity contribution >= 4 is 17.6 Å². The van der Waals surface area contributed by atoms with E-state index in [4.69, 9.17) is 4.12 Å². The molecule has 0 saturated carbocycles. The van der Waals surface area contributed by atoms with E-state index in [0.717, 1.165) is 38.5 Å². The normalized spacial score (nSPS) is 15.7. The monoisotopic (exact) mass is 366 g/mol. The molecule has 2 unspecified atom stereocenters. The molecule has 7 heteroatoms. The summed E-state index contributed by atoms with van der Waals surface area (Å²) in [5.74, 6) is 0.837. The molecule has 0 fully saturated rings. The van der Waals surface area contributed by atoms with Crippen LogP contribution in [0.3, 0.4) is 0 Å². The van der Waals surface area contributed by atoms with Gasteiger partial charge in [-0.25, -0.2) is 0 Å². The van der Waals surface area contributed by atoms with E-state index in [2.05, 4.69) is 27.7 Å². The molecule has 4 N–H and O–H groups in total. The molecular weight excluding hydrogens is 328 g/mol. The molecule has 0 radical (unpaired) electrons. The van der Waals surface area contributed by atoms with Gasteiger partial charge in [-0.05, 0) is 24.7 Å². The second-order valence-electron chi connectivity index (χ2n) is 6.98. The lowest BCUT2D eigenvalue weighted by Crippen LogP contribution is -2.53. The third-order valence-electron chi connectivity index (χ3n) is 4.49. The third-order valence-corrected chi connectivity index (χ3v) is 8.99. The van der Waals surface area contributed by atoms with Crippen molar-refractivity contribution in [2.75, 3.05) is 0 Å². The molecule has 0 rings (SSSR count). The Morgan fingerprint density at radius 2 is 1.35 bits per heavy atom. The first-order valence-corrected chi connectivity index (χ1v) is 13.3. The van der Waals surface area contributed by atoms with E-state index in [1.807, 2.05) is 0 Å². The molecule has 0 aliphatic rings. The minimum absolute atomic E-state index is 0.139. The van der Waals surface area contributed by atoms with E-state index in [1.165, 1.54) is 0 Å². The Balaban J connectivity index is 4.27. The lowest BCUT2D eigenvalue weighted by atomic mass is 9.98. The predicted molar refractivity (Wildman–Crippen MR) is 97.7 cm³/mol. The summed E-state index contributed by atoms with van der Waals surface area (Å²) in [5, 5.41) is 0. The lowest BCUT2D eigenvalue weighted by Gasteiger charge is -2.27. The first-order valence-electron chi connectivity index (χ1n) is 9.25. The van der Waals surface area contributed by atoms with Crippen LogP contribution < -0.4 is 0 Å². The zero-order valence-corrected chi connectivity index (χ0v) is 17.4. The van der Waals surface area contributed by atoms with Crippen molar-refractivity contribution in [3.05, 3.63) is 0 Å². The minimum Gasteiger partial charge on any atom is -0.390 e. The van der Waals surface area contributed by atoms with Gasteiger partial charge < -0.3 is 23.3 Å². The molecule has 5 nitrogen and oxygen atoms in total. The number of rotatable bonds is 14. The smallest absolute Gasteiger partial charge is 0.390 e. The summed E-state index contributed by atoms with van der Waals surface area (Å²) in [6.45, 7) is 8.42. The van der Waals surface area contributed by atoms with E-state index in [9.17, 15) is 19.2 Å². The molecule has 0 bridgehead atoms. The molecule has 0 aromatic carbocycles. The quantitative estimate of drug-likeness (QED) is 0.354. The van der Waals surface area contributed by atoms with Crippen LogP contribution in [0.15, 0.2) is 0 Å². The van der Waals surface area contributed by atoms with Crippen LogP contribution in [0, 0.1) is 11.8 Å². The summed E-state index contributed by atoms with van der Waals surface area (Å²) in [6.07, 6.45) is 7.74.